The van der Waals surface area contributed by atoms with Crippen molar-refractivity contribution in [1.82, 2.24) is 10.3 Å². The second-order valence-corrected chi connectivity index (χ2v) is 6.14. The van der Waals surface area contributed by atoms with Crippen LogP contribution in [0.5, 0.6) is 0 Å². The van der Waals surface area contributed by atoms with Crippen LogP contribution < -0.4 is 5.32 Å². The third kappa shape index (κ3) is 3.51. The van der Waals surface area contributed by atoms with Crippen LogP contribution in [0.2, 0.25) is 0 Å². The van der Waals surface area contributed by atoms with Gasteiger partial charge in [-0.25, -0.2) is 0 Å². The first kappa shape index (κ1) is 15.9. The van der Waals surface area contributed by atoms with Crippen molar-refractivity contribution in [3.8, 4) is 0 Å². The summed E-state index contributed by atoms with van der Waals surface area (Å²) in [4.78, 5) is 15.3. The van der Waals surface area contributed by atoms with Gasteiger partial charge in [0.2, 0.25) is 5.91 Å². The number of halogens is 3. The number of H-pyrrole nitrogens is 1. The third-order valence-electron chi connectivity index (χ3n) is 4.56. The molecule has 0 radical (unpaired) electrons. The number of carbonyl (C=O) groups excluding carboxylic acids is 1. The predicted octanol–water partition coefficient (Wildman–Crippen LogP) is 3.95. The minimum atomic E-state index is -4.25. The number of fused-ring (bicyclic) bond motifs is 1. The Hall–Kier alpha value is -1.98. The number of alkyl halides is 3. The van der Waals surface area contributed by atoms with Gasteiger partial charge in [-0.15, -0.1) is 0 Å². The monoisotopic (exact) mass is 324 g/mol. The first-order chi connectivity index (χ1) is 10.9. The largest absolute Gasteiger partial charge is 0.393 e. The highest BCUT2D eigenvalue weighted by Crippen LogP contribution is 2.37. The molecular formula is C17H19F3N2O. The molecule has 1 aliphatic carbocycles. The molecule has 1 heterocycles. The van der Waals surface area contributed by atoms with Crippen molar-refractivity contribution in [3.63, 3.8) is 0 Å². The Morgan fingerprint density at radius 2 is 1.96 bits per heavy atom. The smallest absolute Gasteiger partial charge is 0.361 e. The quantitative estimate of drug-likeness (QED) is 0.882. The first-order valence-corrected chi connectivity index (χ1v) is 7.86. The topological polar surface area (TPSA) is 44.9 Å². The van der Waals surface area contributed by atoms with Gasteiger partial charge in [-0.05, 0) is 24.5 Å². The zero-order chi connectivity index (χ0) is 16.4. The lowest BCUT2D eigenvalue weighted by atomic mass is 9.84. The van der Waals surface area contributed by atoms with Crippen molar-refractivity contribution in [2.45, 2.75) is 44.3 Å². The summed E-state index contributed by atoms with van der Waals surface area (Å²) in [6, 6.07) is 6.75. The standard InChI is InChI=1S/C17H19F3N2O/c18-17(19,20)13-6-2-4-8-15(13)22-16(23)9-11-10-21-14-7-3-1-5-12(11)14/h1,3,5,7,10,13,15,21H,2,4,6,8-9H2,(H,22,23)/t13-,15-/m1/s1. The summed E-state index contributed by atoms with van der Waals surface area (Å²) in [6.45, 7) is 0. The van der Waals surface area contributed by atoms with Crippen molar-refractivity contribution in [1.29, 1.82) is 0 Å². The van der Waals surface area contributed by atoms with Crippen molar-refractivity contribution in [2.75, 3.05) is 0 Å². The Labute approximate surface area is 132 Å². The molecule has 1 aliphatic rings. The summed E-state index contributed by atoms with van der Waals surface area (Å²) in [6.07, 6.45) is -0.633. The number of hydrogen-bond acceptors (Lipinski definition) is 1. The fourth-order valence-corrected chi connectivity index (χ4v) is 3.40. The molecule has 6 heteroatoms. The number of aromatic nitrogens is 1. The second kappa shape index (κ2) is 6.26. The molecule has 1 amide bonds. The van der Waals surface area contributed by atoms with Gasteiger partial charge in [0.1, 0.15) is 0 Å². The fourth-order valence-electron chi connectivity index (χ4n) is 3.40. The predicted molar refractivity (Wildman–Crippen MR) is 81.9 cm³/mol. The molecule has 0 aliphatic heterocycles. The van der Waals surface area contributed by atoms with Crippen molar-refractivity contribution in [3.05, 3.63) is 36.0 Å². The second-order valence-electron chi connectivity index (χ2n) is 6.14. The number of para-hydroxylation sites is 1. The Balaban J connectivity index is 1.69. The minimum Gasteiger partial charge on any atom is -0.361 e. The number of amides is 1. The summed E-state index contributed by atoms with van der Waals surface area (Å²) in [7, 11) is 0. The van der Waals surface area contributed by atoms with Crippen LogP contribution in [0.4, 0.5) is 13.2 Å². The van der Waals surface area contributed by atoms with Gasteiger partial charge in [-0.3, -0.25) is 4.79 Å². The Kier molecular flexibility index (Phi) is 4.33. The average Bonchev–Trinajstić information content (AvgIpc) is 2.90. The van der Waals surface area contributed by atoms with E-state index < -0.39 is 18.1 Å². The van der Waals surface area contributed by atoms with Crippen molar-refractivity contribution in [2.24, 2.45) is 5.92 Å². The average molecular weight is 324 g/mol. The Bertz CT molecular complexity index is 692. The number of rotatable bonds is 3. The number of aromatic amines is 1. The van der Waals surface area contributed by atoms with E-state index in [2.05, 4.69) is 10.3 Å². The van der Waals surface area contributed by atoms with Crippen LogP contribution in [0.3, 0.4) is 0 Å². The highest BCUT2D eigenvalue weighted by atomic mass is 19.4. The van der Waals surface area contributed by atoms with E-state index in [0.717, 1.165) is 22.9 Å². The molecular weight excluding hydrogens is 305 g/mol. The third-order valence-corrected chi connectivity index (χ3v) is 4.56. The van der Waals surface area contributed by atoms with Gasteiger partial charge >= 0.3 is 6.18 Å². The van der Waals surface area contributed by atoms with Gasteiger partial charge in [0.15, 0.2) is 0 Å². The molecule has 1 aromatic carbocycles. The van der Waals surface area contributed by atoms with Gasteiger partial charge in [0, 0.05) is 23.1 Å². The molecule has 2 atom stereocenters. The Morgan fingerprint density at radius 1 is 1.22 bits per heavy atom. The van der Waals surface area contributed by atoms with E-state index in [1.165, 1.54) is 0 Å². The Morgan fingerprint density at radius 3 is 2.74 bits per heavy atom. The van der Waals surface area contributed by atoms with Crippen molar-refractivity contribution >= 4 is 16.8 Å². The molecule has 0 saturated heterocycles. The molecule has 2 aromatic rings. The molecule has 0 bridgehead atoms. The van der Waals surface area contributed by atoms with Crippen molar-refractivity contribution < 1.29 is 18.0 Å². The molecule has 124 valence electrons. The van der Waals surface area contributed by atoms with Gasteiger partial charge in [-0.2, -0.15) is 13.2 Å². The molecule has 1 fully saturated rings. The van der Waals surface area contributed by atoms with Crippen LogP contribution in [0.1, 0.15) is 31.2 Å². The lowest BCUT2D eigenvalue weighted by Gasteiger charge is -2.33. The van der Waals surface area contributed by atoms with E-state index in [-0.39, 0.29) is 18.7 Å². The van der Waals surface area contributed by atoms with Crippen LogP contribution in [0, 0.1) is 5.92 Å². The maximum atomic E-state index is 13.1. The van der Waals surface area contributed by atoms with E-state index in [4.69, 9.17) is 0 Å². The molecule has 2 N–H and O–H groups in total. The number of nitrogens with one attached hydrogen (secondary N) is 2. The van der Waals surface area contributed by atoms with Crippen LogP contribution in [-0.2, 0) is 11.2 Å². The normalized spacial score (nSPS) is 22.2. The zero-order valence-electron chi connectivity index (χ0n) is 12.6. The molecule has 3 nitrogen and oxygen atoms in total. The molecule has 0 unspecified atom stereocenters. The van der Waals surface area contributed by atoms with Crippen LogP contribution in [0.15, 0.2) is 30.5 Å². The number of carbonyl (C=O) groups is 1. The van der Waals surface area contributed by atoms with E-state index in [0.29, 0.717) is 12.8 Å². The van der Waals surface area contributed by atoms with E-state index >= 15 is 0 Å². The van der Waals surface area contributed by atoms with Crippen LogP contribution in [-0.4, -0.2) is 23.1 Å². The molecule has 3 rings (SSSR count). The lowest BCUT2D eigenvalue weighted by molar-refractivity contribution is -0.189. The maximum absolute atomic E-state index is 13.1. The van der Waals surface area contributed by atoms with Gasteiger partial charge < -0.3 is 10.3 Å². The highest BCUT2D eigenvalue weighted by molar-refractivity contribution is 5.88. The highest BCUT2D eigenvalue weighted by Gasteiger charge is 2.45. The lowest BCUT2D eigenvalue weighted by Crippen LogP contribution is -2.48. The van der Waals surface area contributed by atoms with Gasteiger partial charge in [-0.1, -0.05) is 31.0 Å². The summed E-state index contributed by atoms with van der Waals surface area (Å²) in [5.74, 6) is -1.78. The minimum absolute atomic E-state index is 0.0884. The van der Waals surface area contributed by atoms with E-state index in [1.807, 2.05) is 24.3 Å². The summed E-state index contributed by atoms with van der Waals surface area (Å²) in [5.41, 5.74) is 1.72. The van der Waals surface area contributed by atoms with Crippen LogP contribution in [0.25, 0.3) is 10.9 Å². The first-order valence-electron chi connectivity index (χ1n) is 7.86. The van der Waals surface area contributed by atoms with Gasteiger partial charge in [0.25, 0.3) is 0 Å². The molecule has 23 heavy (non-hydrogen) atoms. The van der Waals surface area contributed by atoms with Gasteiger partial charge in [0.05, 0.1) is 12.3 Å². The summed E-state index contributed by atoms with van der Waals surface area (Å²) in [5, 5.41) is 3.53. The van der Waals surface area contributed by atoms with E-state index in [1.54, 1.807) is 6.20 Å². The molecule has 1 aromatic heterocycles. The molecule has 0 spiro atoms. The number of benzene rings is 1. The molecule has 1 saturated carbocycles. The fraction of sp³-hybridized carbons (Fsp3) is 0.471. The summed E-state index contributed by atoms with van der Waals surface area (Å²) < 4.78 is 39.2. The van der Waals surface area contributed by atoms with E-state index in [9.17, 15) is 18.0 Å². The SMILES string of the molecule is O=C(Cc1c[nH]c2ccccc12)N[C@@H]1CCCC[C@H]1C(F)(F)F. The summed E-state index contributed by atoms with van der Waals surface area (Å²) >= 11 is 0. The zero-order valence-corrected chi connectivity index (χ0v) is 12.6. The number of hydrogen-bond donors (Lipinski definition) is 2. The maximum Gasteiger partial charge on any atom is 0.393 e. The van der Waals surface area contributed by atoms with Crippen LogP contribution >= 0.6 is 0 Å².